The molecule has 1 aromatic carbocycles. The topological polar surface area (TPSA) is 30.9 Å². The van der Waals surface area contributed by atoms with Gasteiger partial charge in [-0.3, -0.25) is 4.90 Å². The van der Waals surface area contributed by atoms with Gasteiger partial charge in [0, 0.05) is 29.8 Å². The van der Waals surface area contributed by atoms with Crippen LogP contribution in [0, 0.1) is 0 Å². The van der Waals surface area contributed by atoms with Crippen molar-refractivity contribution in [2.75, 3.05) is 39.5 Å². The normalized spacial score (nSPS) is 32.6. The van der Waals surface area contributed by atoms with Crippen molar-refractivity contribution < 1.29 is 13.3 Å². The first-order valence-electron chi connectivity index (χ1n) is 6.19. The van der Waals surface area contributed by atoms with Crippen molar-refractivity contribution in [3.8, 4) is 0 Å². The Balaban J connectivity index is 1.97. The molecule has 0 N–H and O–H groups in total. The monoisotopic (exact) mass is 285 g/mol. The van der Waals surface area contributed by atoms with Crippen LogP contribution in [0.2, 0.25) is 5.02 Å². The number of fused-ring (bicyclic) bond motifs is 6. The van der Waals surface area contributed by atoms with Gasteiger partial charge in [-0.2, -0.15) is 0 Å². The minimum atomic E-state index is -2.81. The van der Waals surface area contributed by atoms with E-state index in [1.54, 1.807) is 0 Å². The van der Waals surface area contributed by atoms with Gasteiger partial charge in [-0.25, -0.2) is 0 Å². The molecule has 3 saturated heterocycles. The highest BCUT2D eigenvalue weighted by Crippen LogP contribution is 2.19. The Kier molecular flexibility index (Phi) is 3.70. The molecule has 1 aromatic rings. The van der Waals surface area contributed by atoms with Gasteiger partial charge in [0.1, 0.15) is 0 Å². The second-order valence-electron chi connectivity index (χ2n) is 4.42. The van der Waals surface area contributed by atoms with Crippen LogP contribution < -0.4 is 5.19 Å². The molecule has 3 aliphatic rings. The van der Waals surface area contributed by atoms with Crippen molar-refractivity contribution in [3.63, 3.8) is 0 Å². The zero-order valence-corrected chi connectivity index (χ0v) is 11.9. The Labute approximate surface area is 113 Å². The van der Waals surface area contributed by atoms with Gasteiger partial charge >= 0.3 is 8.80 Å². The summed E-state index contributed by atoms with van der Waals surface area (Å²) in [6, 6.07) is 7.67. The van der Waals surface area contributed by atoms with Gasteiger partial charge in [0.25, 0.3) is 0 Å². The van der Waals surface area contributed by atoms with Crippen LogP contribution in [-0.4, -0.2) is 53.2 Å². The Bertz CT molecular complexity index is 405. The molecule has 0 atom stereocenters. The number of hydrogen-bond donors (Lipinski definition) is 0. The zero-order chi connectivity index (χ0) is 12.4. The lowest BCUT2D eigenvalue weighted by molar-refractivity contribution is 0.00143. The standard InChI is InChI=1S/C12H16ClNO3Si/c13-11-3-1-2-4-12(11)18-15-8-5-14(6-9-16-18)7-10-17-18/h1-4H,5-10H2. The van der Waals surface area contributed by atoms with Gasteiger partial charge in [-0.15, -0.1) is 0 Å². The molecule has 3 fully saturated rings. The van der Waals surface area contributed by atoms with E-state index in [0.717, 1.165) is 24.8 Å². The van der Waals surface area contributed by atoms with Crippen LogP contribution in [0.15, 0.2) is 24.3 Å². The van der Waals surface area contributed by atoms with E-state index in [1.807, 2.05) is 24.3 Å². The fourth-order valence-corrected chi connectivity index (χ4v) is 5.29. The first-order chi connectivity index (χ1) is 8.80. The van der Waals surface area contributed by atoms with Crippen molar-refractivity contribution in [1.29, 1.82) is 0 Å². The second-order valence-corrected chi connectivity index (χ2v) is 7.35. The Morgan fingerprint density at radius 3 is 2.06 bits per heavy atom. The van der Waals surface area contributed by atoms with E-state index in [9.17, 15) is 0 Å². The van der Waals surface area contributed by atoms with E-state index in [0.29, 0.717) is 24.8 Å². The molecule has 6 heteroatoms. The molecule has 3 heterocycles. The van der Waals surface area contributed by atoms with Gasteiger partial charge < -0.3 is 13.3 Å². The van der Waals surface area contributed by atoms with Crippen LogP contribution >= 0.6 is 11.6 Å². The van der Waals surface area contributed by atoms with Crippen molar-refractivity contribution in [1.82, 2.24) is 4.90 Å². The number of hydrogen-bond acceptors (Lipinski definition) is 4. The van der Waals surface area contributed by atoms with E-state index < -0.39 is 8.80 Å². The molecule has 0 spiro atoms. The fraction of sp³-hybridized carbons (Fsp3) is 0.500. The summed E-state index contributed by atoms with van der Waals surface area (Å²) in [4.78, 5) is 2.30. The molecule has 4 rings (SSSR count). The first kappa shape index (κ1) is 12.6. The molecule has 4 nitrogen and oxygen atoms in total. The van der Waals surface area contributed by atoms with Gasteiger partial charge in [0.15, 0.2) is 0 Å². The summed E-state index contributed by atoms with van der Waals surface area (Å²) in [5.74, 6) is 0. The number of halogens is 1. The average Bonchev–Trinajstić information content (AvgIpc) is 2.28. The maximum atomic E-state index is 6.27. The Hall–Kier alpha value is -0.433. The molecule has 0 aromatic heterocycles. The van der Waals surface area contributed by atoms with Crippen LogP contribution in [0.3, 0.4) is 0 Å². The highest BCUT2D eigenvalue weighted by Gasteiger charge is 2.47. The molecular formula is C12H16ClNO3Si. The van der Waals surface area contributed by atoms with Crippen LogP contribution in [-0.2, 0) is 13.3 Å². The fourth-order valence-electron chi connectivity index (χ4n) is 2.33. The first-order valence-corrected chi connectivity index (χ1v) is 8.30. The smallest absolute Gasteiger partial charge is 0.369 e. The number of rotatable bonds is 1. The quantitative estimate of drug-likeness (QED) is 0.717. The highest BCUT2D eigenvalue weighted by atomic mass is 35.5. The summed E-state index contributed by atoms with van der Waals surface area (Å²) < 4.78 is 17.9. The molecular weight excluding hydrogens is 270 g/mol. The third-order valence-electron chi connectivity index (χ3n) is 3.30. The van der Waals surface area contributed by atoms with E-state index in [1.165, 1.54) is 0 Å². The molecule has 0 saturated carbocycles. The molecule has 3 aliphatic heterocycles. The summed E-state index contributed by atoms with van der Waals surface area (Å²) >= 11 is 6.27. The van der Waals surface area contributed by atoms with E-state index >= 15 is 0 Å². The third kappa shape index (κ3) is 2.34. The lowest BCUT2D eigenvalue weighted by atomic mass is 10.4. The third-order valence-corrected chi connectivity index (χ3v) is 6.64. The summed E-state index contributed by atoms with van der Waals surface area (Å²) in [7, 11) is -2.81. The Morgan fingerprint density at radius 1 is 0.944 bits per heavy atom. The van der Waals surface area contributed by atoms with Crippen LogP contribution in [0.4, 0.5) is 0 Å². The molecule has 2 bridgehead atoms. The molecule has 98 valence electrons. The van der Waals surface area contributed by atoms with Crippen LogP contribution in [0.5, 0.6) is 0 Å². The van der Waals surface area contributed by atoms with Crippen molar-refractivity contribution in [2.45, 2.75) is 0 Å². The second kappa shape index (κ2) is 5.28. The minimum Gasteiger partial charge on any atom is -0.369 e. The van der Waals surface area contributed by atoms with Gasteiger partial charge in [-0.05, 0) is 6.07 Å². The van der Waals surface area contributed by atoms with Gasteiger partial charge in [0.05, 0.1) is 19.8 Å². The largest absolute Gasteiger partial charge is 0.538 e. The predicted molar refractivity (Wildman–Crippen MR) is 71.1 cm³/mol. The van der Waals surface area contributed by atoms with E-state index in [-0.39, 0.29) is 0 Å². The SMILES string of the molecule is Clc1ccccc1[Si]12OCCN(CCO1)CCO2. The zero-order valence-electron chi connectivity index (χ0n) is 10.1. The summed E-state index contributed by atoms with van der Waals surface area (Å²) in [5.41, 5.74) is 0. The maximum absolute atomic E-state index is 6.27. The van der Waals surface area contributed by atoms with Crippen molar-refractivity contribution >= 4 is 25.6 Å². The Morgan fingerprint density at radius 2 is 1.50 bits per heavy atom. The molecule has 0 unspecified atom stereocenters. The van der Waals surface area contributed by atoms with Crippen LogP contribution in [0.25, 0.3) is 0 Å². The summed E-state index contributed by atoms with van der Waals surface area (Å²) in [6.07, 6.45) is 0. The van der Waals surface area contributed by atoms with Crippen molar-refractivity contribution in [2.24, 2.45) is 0 Å². The molecule has 0 radical (unpaired) electrons. The predicted octanol–water partition coefficient (Wildman–Crippen LogP) is 0.865. The highest BCUT2D eigenvalue weighted by molar-refractivity contribution is 6.77. The number of benzene rings is 1. The molecule has 0 aliphatic carbocycles. The van der Waals surface area contributed by atoms with Crippen LogP contribution in [0.1, 0.15) is 0 Å². The summed E-state index contributed by atoms with van der Waals surface area (Å²) in [6.45, 7) is 4.72. The average molecular weight is 286 g/mol. The lowest BCUT2D eigenvalue weighted by Gasteiger charge is -2.38. The molecule has 18 heavy (non-hydrogen) atoms. The van der Waals surface area contributed by atoms with Crippen molar-refractivity contribution in [3.05, 3.63) is 29.3 Å². The van der Waals surface area contributed by atoms with E-state index in [4.69, 9.17) is 24.9 Å². The van der Waals surface area contributed by atoms with Gasteiger partial charge in [0.2, 0.25) is 0 Å². The molecule has 0 amide bonds. The van der Waals surface area contributed by atoms with E-state index in [2.05, 4.69) is 4.90 Å². The maximum Gasteiger partial charge on any atom is 0.538 e. The lowest BCUT2D eigenvalue weighted by Crippen LogP contribution is -2.62. The van der Waals surface area contributed by atoms with Gasteiger partial charge in [-0.1, -0.05) is 29.8 Å². The number of nitrogens with zero attached hydrogens (tertiary/aromatic N) is 1. The summed E-state index contributed by atoms with van der Waals surface area (Å²) in [5, 5.41) is 1.56. The minimum absolute atomic E-state index is 0.636.